The number of benzene rings is 2. The summed E-state index contributed by atoms with van der Waals surface area (Å²) < 4.78 is 18.5. The fraction of sp³-hybridized carbons (Fsp3) is 0.188. The lowest BCUT2D eigenvalue weighted by Gasteiger charge is -2.11. The predicted molar refractivity (Wildman–Crippen MR) is 85.1 cm³/mol. The van der Waals surface area contributed by atoms with E-state index in [-0.39, 0.29) is 24.9 Å². The number of para-hydroxylation sites is 1. The highest BCUT2D eigenvalue weighted by Gasteiger charge is 2.05. The van der Waals surface area contributed by atoms with Crippen LogP contribution in [0.3, 0.4) is 0 Å². The molecule has 0 unspecified atom stereocenters. The Labute approximate surface area is 133 Å². The lowest BCUT2D eigenvalue weighted by atomic mass is 10.2. The number of nitrogens with one attached hydrogen (secondary N) is 2. The van der Waals surface area contributed by atoms with Crippen LogP contribution in [0.25, 0.3) is 0 Å². The van der Waals surface area contributed by atoms with Gasteiger partial charge in [-0.3, -0.25) is 0 Å². The van der Waals surface area contributed by atoms with E-state index < -0.39 is 5.82 Å². The SMILES string of the molecule is Cc1cc(Cl)ccc1NC(=O)NCCOc1ccccc1F. The van der Waals surface area contributed by atoms with E-state index in [1.165, 1.54) is 12.1 Å². The molecule has 22 heavy (non-hydrogen) atoms. The first-order valence-electron chi connectivity index (χ1n) is 6.74. The number of hydrogen-bond donors (Lipinski definition) is 2. The van der Waals surface area contributed by atoms with Crippen LogP contribution in [-0.2, 0) is 0 Å². The van der Waals surface area contributed by atoms with E-state index in [1.807, 2.05) is 6.92 Å². The van der Waals surface area contributed by atoms with E-state index in [1.54, 1.807) is 30.3 Å². The van der Waals surface area contributed by atoms with E-state index in [9.17, 15) is 9.18 Å². The predicted octanol–water partition coefficient (Wildman–Crippen LogP) is 3.99. The molecule has 0 aliphatic heterocycles. The average Bonchev–Trinajstić information content (AvgIpc) is 2.48. The molecule has 2 aromatic carbocycles. The molecule has 0 fully saturated rings. The number of urea groups is 1. The molecule has 0 saturated heterocycles. The topological polar surface area (TPSA) is 50.4 Å². The second-order valence-corrected chi connectivity index (χ2v) is 5.06. The first-order valence-corrected chi connectivity index (χ1v) is 7.12. The van der Waals surface area contributed by atoms with Crippen molar-refractivity contribution in [2.45, 2.75) is 6.92 Å². The minimum absolute atomic E-state index is 0.165. The summed E-state index contributed by atoms with van der Waals surface area (Å²) in [5.74, 6) is -0.262. The van der Waals surface area contributed by atoms with E-state index in [4.69, 9.17) is 16.3 Å². The van der Waals surface area contributed by atoms with E-state index >= 15 is 0 Å². The molecule has 0 spiro atoms. The van der Waals surface area contributed by atoms with Crippen LogP contribution in [-0.4, -0.2) is 19.2 Å². The quantitative estimate of drug-likeness (QED) is 0.818. The number of hydrogen-bond acceptors (Lipinski definition) is 2. The molecule has 4 nitrogen and oxygen atoms in total. The van der Waals surface area contributed by atoms with Gasteiger partial charge in [0, 0.05) is 10.7 Å². The molecule has 0 bridgehead atoms. The van der Waals surface area contributed by atoms with Gasteiger partial charge in [-0.05, 0) is 42.8 Å². The molecule has 0 aromatic heterocycles. The van der Waals surface area contributed by atoms with Crippen LogP contribution in [0.5, 0.6) is 5.75 Å². The van der Waals surface area contributed by atoms with Crippen molar-refractivity contribution < 1.29 is 13.9 Å². The minimum Gasteiger partial charge on any atom is -0.489 e. The van der Waals surface area contributed by atoms with Crippen molar-refractivity contribution in [3.63, 3.8) is 0 Å². The second kappa shape index (κ2) is 7.66. The third kappa shape index (κ3) is 4.63. The second-order valence-electron chi connectivity index (χ2n) is 4.62. The normalized spacial score (nSPS) is 10.1. The first kappa shape index (κ1) is 16.1. The number of carbonyl (C=O) groups is 1. The molecule has 2 aromatic rings. The van der Waals surface area contributed by atoms with Crippen LogP contribution in [0.15, 0.2) is 42.5 Å². The third-order valence-electron chi connectivity index (χ3n) is 2.92. The summed E-state index contributed by atoms with van der Waals surface area (Å²) >= 11 is 5.85. The van der Waals surface area contributed by atoms with Crippen LogP contribution in [0, 0.1) is 12.7 Å². The van der Waals surface area contributed by atoms with Gasteiger partial charge in [0.15, 0.2) is 11.6 Å². The van der Waals surface area contributed by atoms with Gasteiger partial charge in [-0.15, -0.1) is 0 Å². The van der Waals surface area contributed by atoms with Crippen molar-refractivity contribution in [1.29, 1.82) is 0 Å². The number of anilines is 1. The molecule has 0 saturated carbocycles. The summed E-state index contributed by atoms with van der Waals surface area (Å²) in [6, 6.07) is 11.0. The monoisotopic (exact) mass is 322 g/mol. The maximum atomic E-state index is 13.3. The van der Waals surface area contributed by atoms with Crippen molar-refractivity contribution in [1.82, 2.24) is 5.32 Å². The van der Waals surface area contributed by atoms with Crippen LogP contribution < -0.4 is 15.4 Å². The van der Waals surface area contributed by atoms with E-state index in [2.05, 4.69) is 10.6 Å². The summed E-state index contributed by atoms with van der Waals surface area (Å²) in [7, 11) is 0. The summed E-state index contributed by atoms with van der Waals surface area (Å²) in [6.45, 7) is 2.28. The van der Waals surface area contributed by atoms with Crippen molar-refractivity contribution in [3.8, 4) is 5.75 Å². The number of halogens is 2. The van der Waals surface area contributed by atoms with Gasteiger partial charge < -0.3 is 15.4 Å². The first-order chi connectivity index (χ1) is 10.6. The van der Waals surface area contributed by atoms with Crippen LogP contribution in [0.4, 0.5) is 14.9 Å². The molecular weight excluding hydrogens is 307 g/mol. The Morgan fingerprint density at radius 3 is 2.77 bits per heavy atom. The van der Waals surface area contributed by atoms with Gasteiger partial charge in [-0.1, -0.05) is 23.7 Å². The molecule has 0 radical (unpaired) electrons. The molecule has 2 N–H and O–H groups in total. The number of aryl methyl sites for hydroxylation is 1. The van der Waals surface area contributed by atoms with Gasteiger partial charge in [-0.2, -0.15) is 0 Å². The van der Waals surface area contributed by atoms with Crippen molar-refractivity contribution >= 4 is 23.3 Å². The molecule has 2 rings (SSSR count). The van der Waals surface area contributed by atoms with Gasteiger partial charge in [0.2, 0.25) is 0 Å². The maximum Gasteiger partial charge on any atom is 0.319 e. The Morgan fingerprint density at radius 1 is 1.27 bits per heavy atom. The number of ether oxygens (including phenoxy) is 1. The van der Waals surface area contributed by atoms with Crippen LogP contribution in [0.2, 0.25) is 5.02 Å². The largest absolute Gasteiger partial charge is 0.489 e. The lowest BCUT2D eigenvalue weighted by molar-refractivity contribution is 0.246. The van der Waals surface area contributed by atoms with Gasteiger partial charge in [0.1, 0.15) is 6.61 Å². The number of rotatable bonds is 5. The van der Waals surface area contributed by atoms with Crippen LogP contribution >= 0.6 is 11.6 Å². The van der Waals surface area contributed by atoms with Gasteiger partial charge >= 0.3 is 6.03 Å². The van der Waals surface area contributed by atoms with E-state index in [0.29, 0.717) is 10.7 Å². The summed E-state index contributed by atoms with van der Waals surface area (Å²) in [4.78, 5) is 11.7. The van der Waals surface area contributed by atoms with Gasteiger partial charge in [-0.25, -0.2) is 9.18 Å². The highest BCUT2D eigenvalue weighted by molar-refractivity contribution is 6.30. The van der Waals surface area contributed by atoms with E-state index in [0.717, 1.165) is 5.56 Å². The van der Waals surface area contributed by atoms with Gasteiger partial charge in [0.05, 0.1) is 6.54 Å². The highest BCUT2D eigenvalue weighted by Crippen LogP contribution is 2.19. The standard InChI is InChI=1S/C16H16ClFN2O2/c1-11-10-12(17)6-7-14(11)20-16(21)19-8-9-22-15-5-3-2-4-13(15)18/h2-7,10H,8-9H2,1H3,(H2,19,20,21). The fourth-order valence-electron chi connectivity index (χ4n) is 1.82. The Bertz CT molecular complexity index is 664. The Balaban J connectivity index is 1.75. The zero-order chi connectivity index (χ0) is 15.9. The van der Waals surface area contributed by atoms with Crippen molar-refractivity contribution in [2.24, 2.45) is 0 Å². The molecule has 116 valence electrons. The average molecular weight is 323 g/mol. The Morgan fingerprint density at radius 2 is 2.05 bits per heavy atom. The Kier molecular flexibility index (Phi) is 5.61. The summed E-state index contributed by atoms with van der Waals surface area (Å²) in [5, 5.41) is 5.95. The molecule has 0 heterocycles. The lowest BCUT2D eigenvalue weighted by Crippen LogP contribution is -2.32. The van der Waals surface area contributed by atoms with Crippen molar-refractivity contribution in [3.05, 3.63) is 58.9 Å². The van der Waals surface area contributed by atoms with Gasteiger partial charge in [0.25, 0.3) is 0 Å². The van der Waals surface area contributed by atoms with Crippen molar-refractivity contribution in [2.75, 3.05) is 18.5 Å². The Hall–Kier alpha value is -2.27. The molecular formula is C16H16ClFN2O2. The maximum absolute atomic E-state index is 13.3. The number of amides is 2. The molecule has 2 amide bonds. The van der Waals surface area contributed by atoms with Crippen LogP contribution in [0.1, 0.15) is 5.56 Å². The zero-order valence-corrected chi connectivity index (χ0v) is 12.8. The summed E-state index contributed by atoms with van der Waals surface area (Å²) in [6.07, 6.45) is 0. The molecule has 0 aliphatic rings. The fourth-order valence-corrected chi connectivity index (χ4v) is 2.05. The number of carbonyl (C=O) groups excluding carboxylic acids is 1. The molecule has 6 heteroatoms. The smallest absolute Gasteiger partial charge is 0.319 e. The molecule has 0 atom stereocenters. The third-order valence-corrected chi connectivity index (χ3v) is 3.15. The molecule has 0 aliphatic carbocycles. The zero-order valence-electron chi connectivity index (χ0n) is 12.0. The minimum atomic E-state index is -0.427. The summed E-state index contributed by atoms with van der Waals surface area (Å²) in [5.41, 5.74) is 1.54. The highest BCUT2D eigenvalue weighted by atomic mass is 35.5.